The molecule has 0 unspecified atom stereocenters. The number of anilines is 1. The van der Waals surface area contributed by atoms with Crippen molar-refractivity contribution in [2.24, 2.45) is 5.92 Å². The van der Waals surface area contributed by atoms with Crippen molar-refractivity contribution in [3.8, 4) is 0 Å². The van der Waals surface area contributed by atoms with E-state index in [9.17, 15) is 13.2 Å². The molecule has 1 fully saturated rings. The predicted molar refractivity (Wildman–Crippen MR) is 76.8 cm³/mol. The van der Waals surface area contributed by atoms with E-state index in [0.29, 0.717) is 0 Å². The van der Waals surface area contributed by atoms with Crippen molar-refractivity contribution < 1.29 is 13.2 Å². The first-order valence-electron chi connectivity index (χ1n) is 6.23. The summed E-state index contributed by atoms with van der Waals surface area (Å²) in [5.41, 5.74) is 5.72. The number of benzene rings is 1. The molecule has 1 aromatic rings. The SMILES string of the molecule is Nc1cccc(Cl)c1S(=O)(=O)NCCNC(=O)C1CC1. The van der Waals surface area contributed by atoms with Crippen molar-refractivity contribution in [2.75, 3.05) is 18.8 Å². The lowest BCUT2D eigenvalue weighted by molar-refractivity contribution is -0.122. The van der Waals surface area contributed by atoms with Gasteiger partial charge in [-0.15, -0.1) is 0 Å². The minimum atomic E-state index is -3.78. The lowest BCUT2D eigenvalue weighted by Crippen LogP contribution is -2.35. The molecule has 0 spiro atoms. The molecule has 1 saturated carbocycles. The van der Waals surface area contributed by atoms with Gasteiger partial charge in [0.1, 0.15) is 4.90 Å². The van der Waals surface area contributed by atoms with Crippen LogP contribution in [0, 0.1) is 5.92 Å². The third kappa shape index (κ3) is 3.62. The molecule has 2 rings (SSSR count). The topological polar surface area (TPSA) is 101 Å². The monoisotopic (exact) mass is 317 g/mol. The zero-order valence-electron chi connectivity index (χ0n) is 10.7. The van der Waals surface area contributed by atoms with Crippen LogP contribution >= 0.6 is 11.6 Å². The molecule has 0 bridgehead atoms. The summed E-state index contributed by atoms with van der Waals surface area (Å²) in [4.78, 5) is 11.2. The molecule has 1 amide bonds. The van der Waals surface area contributed by atoms with Crippen LogP contribution in [0.5, 0.6) is 0 Å². The van der Waals surface area contributed by atoms with Crippen LogP contribution in [0.2, 0.25) is 5.02 Å². The Labute approximate surface area is 122 Å². The fourth-order valence-corrected chi connectivity index (χ4v) is 3.45. The molecular formula is C12H16ClN3O3S. The highest BCUT2D eigenvalue weighted by Gasteiger charge is 2.29. The number of hydrogen-bond donors (Lipinski definition) is 3. The van der Waals surface area contributed by atoms with Gasteiger partial charge in [0.15, 0.2) is 0 Å². The van der Waals surface area contributed by atoms with Crippen molar-refractivity contribution in [1.29, 1.82) is 0 Å². The van der Waals surface area contributed by atoms with E-state index in [1.807, 2.05) is 0 Å². The third-order valence-corrected chi connectivity index (χ3v) is 4.93. The summed E-state index contributed by atoms with van der Waals surface area (Å²) in [6.07, 6.45) is 1.82. The zero-order chi connectivity index (χ0) is 14.8. The molecule has 6 nitrogen and oxygen atoms in total. The van der Waals surface area contributed by atoms with Crippen LogP contribution in [0.3, 0.4) is 0 Å². The largest absolute Gasteiger partial charge is 0.398 e. The molecule has 1 aliphatic rings. The number of amides is 1. The maximum Gasteiger partial charge on any atom is 0.244 e. The van der Waals surface area contributed by atoms with Crippen molar-refractivity contribution in [2.45, 2.75) is 17.7 Å². The van der Waals surface area contributed by atoms with E-state index < -0.39 is 10.0 Å². The van der Waals surface area contributed by atoms with Gasteiger partial charge in [0.2, 0.25) is 15.9 Å². The van der Waals surface area contributed by atoms with E-state index in [1.165, 1.54) is 12.1 Å². The molecule has 0 heterocycles. The standard InChI is InChI=1S/C12H16ClN3O3S/c13-9-2-1-3-10(14)11(9)20(18,19)16-7-6-15-12(17)8-4-5-8/h1-3,8,16H,4-7,14H2,(H,15,17). The van der Waals surface area contributed by atoms with E-state index in [4.69, 9.17) is 17.3 Å². The summed E-state index contributed by atoms with van der Waals surface area (Å²) in [7, 11) is -3.78. The Hall–Kier alpha value is -1.31. The van der Waals surface area contributed by atoms with Gasteiger partial charge in [-0.25, -0.2) is 13.1 Å². The maximum absolute atomic E-state index is 12.1. The minimum Gasteiger partial charge on any atom is -0.398 e. The van der Waals surface area contributed by atoms with Crippen LogP contribution in [0.1, 0.15) is 12.8 Å². The fourth-order valence-electron chi connectivity index (χ4n) is 1.74. The van der Waals surface area contributed by atoms with E-state index in [2.05, 4.69) is 10.0 Å². The van der Waals surface area contributed by atoms with Gasteiger partial charge in [-0.1, -0.05) is 17.7 Å². The van der Waals surface area contributed by atoms with Gasteiger partial charge in [0.25, 0.3) is 0 Å². The molecule has 0 aliphatic heterocycles. The number of nitrogen functional groups attached to an aromatic ring is 1. The quantitative estimate of drug-likeness (QED) is 0.531. The Morgan fingerprint density at radius 1 is 1.35 bits per heavy atom. The number of nitrogens with one attached hydrogen (secondary N) is 2. The average molecular weight is 318 g/mol. The molecule has 0 radical (unpaired) electrons. The molecule has 0 atom stereocenters. The van der Waals surface area contributed by atoms with Gasteiger partial charge >= 0.3 is 0 Å². The fraction of sp³-hybridized carbons (Fsp3) is 0.417. The molecule has 110 valence electrons. The van der Waals surface area contributed by atoms with Crippen LogP contribution in [0.4, 0.5) is 5.69 Å². The highest BCUT2D eigenvalue weighted by molar-refractivity contribution is 7.89. The van der Waals surface area contributed by atoms with Crippen molar-refractivity contribution in [1.82, 2.24) is 10.0 Å². The first-order valence-corrected chi connectivity index (χ1v) is 8.09. The molecular weight excluding hydrogens is 302 g/mol. The van der Waals surface area contributed by atoms with Gasteiger partial charge in [-0.2, -0.15) is 0 Å². The first kappa shape index (κ1) is 15.1. The van der Waals surface area contributed by atoms with E-state index in [-0.39, 0.29) is 40.5 Å². The van der Waals surface area contributed by atoms with Crippen LogP contribution < -0.4 is 15.8 Å². The Balaban J connectivity index is 1.92. The second-order valence-electron chi connectivity index (χ2n) is 4.62. The van der Waals surface area contributed by atoms with E-state index >= 15 is 0 Å². The van der Waals surface area contributed by atoms with Crippen LogP contribution in [-0.2, 0) is 14.8 Å². The highest BCUT2D eigenvalue weighted by atomic mass is 35.5. The summed E-state index contributed by atoms with van der Waals surface area (Å²) < 4.78 is 26.5. The summed E-state index contributed by atoms with van der Waals surface area (Å²) >= 11 is 5.86. The van der Waals surface area contributed by atoms with Crippen molar-refractivity contribution >= 4 is 33.2 Å². The maximum atomic E-state index is 12.1. The third-order valence-electron chi connectivity index (χ3n) is 2.93. The number of rotatable bonds is 6. The lowest BCUT2D eigenvalue weighted by Gasteiger charge is -2.11. The molecule has 8 heteroatoms. The number of halogens is 1. The van der Waals surface area contributed by atoms with Gasteiger partial charge in [-0.05, 0) is 25.0 Å². The molecule has 1 aliphatic carbocycles. The van der Waals surface area contributed by atoms with Crippen LogP contribution in [-0.4, -0.2) is 27.4 Å². The van der Waals surface area contributed by atoms with Crippen molar-refractivity contribution in [3.05, 3.63) is 23.2 Å². The summed E-state index contributed by atoms with van der Waals surface area (Å²) in [5.74, 6) is 0.0762. The highest BCUT2D eigenvalue weighted by Crippen LogP contribution is 2.28. The molecule has 20 heavy (non-hydrogen) atoms. The Kier molecular flexibility index (Phi) is 4.52. The van der Waals surface area contributed by atoms with Crippen LogP contribution in [0.25, 0.3) is 0 Å². The predicted octanol–water partition coefficient (Wildman–Crippen LogP) is 0.727. The second kappa shape index (κ2) is 5.99. The minimum absolute atomic E-state index is 0.0264. The van der Waals surface area contributed by atoms with E-state index in [1.54, 1.807) is 6.07 Å². The second-order valence-corrected chi connectivity index (χ2v) is 6.73. The van der Waals surface area contributed by atoms with Gasteiger partial charge < -0.3 is 11.1 Å². The molecule has 0 saturated heterocycles. The number of carbonyl (C=O) groups excluding carboxylic acids is 1. The smallest absolute Gasteiger partial charge is 0.244 e. The van der Waals surface area contributed by atoms with Crippen molar-refractivity contribution in [3.63, 3.8) is 0 Å². The van der Waals surface area contributed by atoms with Gasteiger partial charge in [-0.3, -0.25) is 4.79 Å². The Morgan fingerprint density at radius 3 is 2.65 bits per heavy atom. The van der Waals surface area contributed by atoms with Gasteiger partial charge in [0, 0.05) is 19.0 Å². The number of carbonyl (C=O) groups is 1. The number of sulfonamides is 1. The number of hydrogen-bond acceptors (Lipinski definition) is 4. The molecule has 0 aromatic heterocycles. The summed E-state index contributed by atoms with van der Waals surface area (Å²) in [6, 6.07) is 4.50. The normalized spacial score (nSPS) is 15.1. The molecule has 4 N–H and O–H groups in total. The first-order chi connectivity index (χ1) is 9.42. The summed E-state index contributed by atoms with van der Waals surface area (Å²) in [5, 5.41) is 2.74. The van der Waals surface area contributed by atoms with Gasteiger partial charge in [0.05, 0.1) is 10.7 Å². The number of nitrogens with two attached hydrogens (primary N) is 1. The zero-order valence-corrected chi connectivity index (χ0v) is 12.3. The molecule has 1 aromatic carbocycles. The van der Waals surface area contributed by atoms with E-state index in [0.717, 1.165) is 12.8 Å². The average Bonchev–Trinajstić information content (AvgIpc) is 3.18. The lowest BCUT2D eigenvalue weighted by atomic mass is 10.3. The Bertz CT molecular complexity index is 594. The van der Waals surface area contributed by atoms with Crippen LogP contribution in [0.15, 0.2) is 23.1 Å². The summed E-state index contributed by atoms with van der Waals surface area (Å²) in [6.45, 7) is 0.324. The Morgan fingerprint density at radius 2 is 2.05 bits per heavy atom.